The number of anilines is 1. The molecule has 7 nitrogen and oxygen atoms in total. The highest BCUT2D eigenvalue weighted by atomic mass is 79.9. The summed E-state index contributed by atoms with van der Waals surface area (Å²) >= 11 is 3.55. The van der Waals surface area contributed by atoms with Crippen LogP contribution in [0.3, 0.4) is 0 Å². The molecule has 0 saturated carbocycles. The Labute approximate surface area is 199 Å². The summed E-state index contributed by atoms with van der Waals surface area (Å²) in [7, 11) is 3.27. The van der Waals surface area contributed by atoms with Crippen molar-refractivity contribution in [3.63, 3.8) is 0 Å². The number of nitriles is 1. The van der Waals surface area contributed by atoms with Crippen LogP contribution in [0.15, 0.2) is 44.0 Å². The van der Waals surface area contributed by atoms with Crippen LogP contribution < -0.4 is 15.2 Å². The molecule has 0 amide bonds. The molecule has 2 aromatic heterocycles. The van der Waals surface area contributed by atoms with Crippen LogP contribution in [0.25, 0.3) is 22.0 Å². The lowest BCUT2D eigenvalue weighted by atomic mass is 9.95. The molecule has 0 unspecified atom stereocenters. The highest BCUT2D eigenvalue weighted by molar-refractivity contribution is 9.10. The van der Waals surface area contributed by atoms with Crippen molar-refractivity contribution in [3.8, 4) is 11.8 Å². The van der Waals surface area contributed by atoms with E-state index in [0.29, 0.717) is 24.5 Å². The number of methoxy groups -OCH3 is 1. The van der Waals surface area contributed by atoms with Crippen LogP contribution in [0.4, 0.5) is 5.69 Å². The van der Waals surface area contributed by atoms with E-state index < -0.39 is 0 Å². The Morgan fingerprint density at radius 1 is 1.24 bits per heavy atom. The maximum Gasteiger partial charge on any atom is 0.270 e. The lowest BCUT2D eigenvalue weighted by Gasteiger charge is -2.34. The largest absolute Gasteiger partial charge is 0.495 e. The highest BCUT2D eigenvalue weighted by Gasteiger charge is 2.29. The molecule has 4 aromatic rings. The number of aromatic nitrogens is 2. The molecule has 1 saturated heterocycles. The first kappa shape index (κ1) is 21.5. The van der Waals surface area contributed by atoms with Crippen LogP contribution in [0, 0.1) is 18.3 Å². The topological polar surface area (TPSA) is 84.3 Å². The summed E-state index contributed by atoms with van der Waals surface area (Å²) in [5.74, 6) is 1.60. The third-order valence-corrected chi connectivity index (χ3v) is 7.09. The minimum atomic E-state index is -0.305. The number of rotatable bonds is 3. The minimum Gasteiger partial charge on any atom is -0.495 e. The van der Waals surface area contributed by atoms with Gasteiger partial charge in [-0.25, -0.2) is 4.98 Å². The van der Waals surface area contributed by atoms with E-state index in [9.17, 15) is 10.1 Å². The van der Waals surface area contributed by atoms with Crippen molar-refractivity contribution in [2.75, 3.05) is 25.1 Å². The second-order valence-electron chi connectivity index (χ2n) is 8.49. The Morgan fingerprint density at radius 2 is 2.00 bits per heavy atom. The Bertz CT molecular complexity index is 1490. The lowest BCUT2D eigenvalue weighted by Crippen LogP contribution is -2.35. The first-order chi connectivity index (χ1) is 15.9. The SMILES string of the molecule is COc1cc2c(cc1Br)c(N1CCC(c3nc4cc(C)ccc4o3)CC1)c(C#N)c(=O)n2C. The van der Waals surface area contributed by atoms with Crippen LogP contribution in [0.2, 0.25) is 0 Å². The number of fused-ring (bicyclic) bond motifs is 2. The molecule has 0 aliphatic carbocycles. The van der Waals surface area contributed by atoms with Gasteiger partial charge in [0.05, 0.1) is 22.8 Å². The molecule has 0 bridgehead atoms. The summed E-state index contributed by atoms with van der Waals surface area (Å²) in [4.78, 5) is 19.9. The first-order valence-electron chi connectivity index (χ1n) is 10.8. The predicted molar refractivity (Wildman–Crippen MR) is 131 cm³/mol. The Morgan fingerprint density at radius 3 is 2.70 bits per heavy atom. The van der Waals surface area contributed by atoms with Gasteiger partial charge in [-0.15, -0.1) is 0 Å². The molecule has 168 valence electrons. The number of hydrogen-bond acceptors (Lipinski definition) is 6. The quantitative estimate of drug-likeness (QED) is 0.388. The van der Waals surface area contributed by atoms with E-state index in [2.05, 4.69) is 26.9 Å². The number of oxazole rings is 1. The van der Waals surface area contributed by atoms with Gasteiger partial charge in [0, 0.05) is 37.5 Å². The summed E-state index contributed by atoms with van der Waals surface area (Å²) in [6.45, 7) is 3.44. The molecular formula is C25H23BrN4O3. The van der Waals surface area contributed by atoms with E-state index in [1.54, 1.807) is 14.2 Å². The first-order valence-corrected chi connectivity index (χ1v) is 11.6. The zero-order valence-corrected chi connectivity index (χ0v) is 20.3. The molecule has 0 N–H and O–H groups in total. The smallest absolute Gasteiger partial charge is 0.270 e. The Kier molecular flexibility index (Phi) is 5.37. The summed E-state index contributed by atoms with van der Waals surface area (Å²) < 4.78 is 13.8. The van der Waals surface area contributed by atoms with Gasteiger partial charge in [-0.3, -0.25) is 4.79 Å². The van der Waals surface area contributed by atoms with Gasteiger partial charge in [-0.05, 0) is 59.5 Å². The molecule has 2 aromatic carbocycles. The number of pyridine rings is 1. The second kappa shape index (κ2) is 8.23. The van der Waals surface area contributed by atoms with Gasteiger partial charge in [-0.1, -0.05) is 6.07 Å². The maximum atomic E-state index is 13.0. The fourth-order valence-electron chi connectivity index (χ4n) is 4.69. The van der Waals surface area contributed by atoms with Crippen molar-refractivity contribution in [2.24, 2.45) is 7.05 Å². The average molecular weight is 507 g/mol. The van der Waals surface area contributed by atoms with Crippen molar-refractivity contribution >= 4 is 43.6 Å². The van der Waals surface area contributed by atoms with Gasteiger partial charge < -0.3 is 18.6 Å². The van der Waals surface area contributed by atoms with E-state index in [0.717, 1.165) is 50.8 Å². The summed E-state index contributed by atoms with van der Waals surface area (Å²) in [5, 5.41) is 10.7. The summed E-state index contributed by atoms with van der Waals surface area (Å²) in [5.41, 5.74) is 4.12. The summed E-state index contributed by atoms with van der Waals surface area (Å²) in [6.07, 6.45) is 1.65. The van der Waals surface area contributed by atoms with Gasteiger partial charge in [0.25, 0.3) is 5.56 Å². The van der Waals surface area contributed by atoms with Gasteiger partial charge in [0.2, 0.25) is 0 Å². The number of piperidine rings is 1. The zero-order chi connectivity index (χ0) is 23.3. The number of benzene rings is 2. The Balaban J connectivity index is 1.52. The van der Waals surface area contributed by atoms with Gasteiger partial charge in [0.15, 0.2) is 11.5 Å². The normalized spacial score (nSPS) is 14.7. The van der Waals surface area contributed by atoms with Crippen molar-refractivity contribution in [3.05, 3.63) is 62.2 Å². The summed E-state index contributed by atoms with van der Waals surface area (Å²) in [6, 6.07) is 11.9. The van der Waals surface area contributed by atoms with Crippen LogP contribution in [-0.2, 0) is 7.05 Å². The zero-order valence-electron chi connectivity index (χ0n) is 18.7. The fourth-order valence-corrected chi connectivity index (χ4v) is 5.19. The molecule has 8 heteroatoms. The minimum absolute atomic E-state index is 0.165. The van der Waals surface area contributed by atoms with Crippen molar-refractivity contribution in [1.82, 2.24) is 9.55 Å². The second-order valence-corrected chi connectivity index (χ2v) is 9.34. The molecule has 1 fully saturated rings. The predicted octanol–water partition coefficient (Wildman–Crippen LogP) is 5.01. The average Bonchev–Trinajstić information content (AvgIpc) is 3.24. The third kappa shape index (κ3) is 3.57. The van der Waals surface area contributed by atoms with Crippen LogP contribution >= 0.6 is 15.9 Å². The monoisotopic (exact) mass is 506 g/mol. The highest BCUT2D eigenvalue weighted by Crippen LogP contribution is 2.38. The molecule has 3 heterocycles. The Hall–Kier alpha value is -3.31. The number of hydrogen-bond donors (Lipinski definition) is 0. The van der Waals surface area contributed by atoms with E-state index in [1.807, 2.05) is 37.3 Å². The van der Waals surface area contributed by atoms with Crippen LogP contribution in [0.1, 0.15) is 35.8 Å². The van der Waals surface area contributed by atoms with Gasteiger partial charge in [0.1, 0.15) is 22.9 Å². The number of halogens is 1. The van der Waals surface area contributed by atoms with E-state index in [-0.39, 0.29) is 17.0 Å². The third-order valence-electron chi connectivity index (χ3n) is 6.47. The van der Waals surface area contributed by atoms with Crippen LogP contribution in [-0.4, -0.2) is 29.8 Å². The molecule has 0 atom stereocenters. The number of nitrogens with zero attached hydrogens (tertiary/aromatic N) is 4. The number of aryl methyl sites for hydroxylation is 2. The van der Waals surface area contributed by atoms with Crippen molar-refractivity contribution in [2.45, 2.75) is 25.7 Å². The fraction of sp³-hybridized carbons (Fsp3) is 0.320. The van der Waals surface area contributed by atoms with Crippen molar-refractivity contribution in [1.29, 1.82) is 5.26 Å². The molecule has 33 heavy (non-hydrogen) atoms. The van der Waals surface area contributed by atoms with Gasteiger partial charge >= 0.3 is 0 Å². The molecule has 1 aliphatic heterocycles. The van der Waals surface area contributed by atoms with Crippen molar-refractivity contribution < 1.29 is 9.15 Å². The standard InChI is InChI=1S/C25H23BrN4O3/c1-14-4-5-21-19(10-14)28-24(33-21)15-6-8-30(9-7-15)23-16-11-18(26)22(32-3)12-20(16)29(2)25(31)17(23)13-27/h4-5,10-12,15H,6-9H2,1-3H3. The lowest BCUT2D eigenvalue weighted by molar-refractivity contribution is 0.407. The van der Waals surface area contributed by atoms with E-state index in [1.165, 1.54) is 4.57 Å². The number of ether oxygens (including phenoxy) is 1. The molecule has 5 rings (SSSR count). The van der Waals surface area contributed by atoms with E-state index >= 15 is 0 Å². The molecule has 0 radical (unpaired) electrons. The molecule has 1 aliphatic rings. The molecular weight excluding hydrogens is 484 g/mol. The van der Waals surface area contributed by atoms with Crippen LogP contribution in [0.5, 0.6) is 5.75 Å². The van der Waals surface area contributed by atoms with E-state index in [4.69, 9.17) is 14.1 Å². The molecule has 0 spiro atoms. The van der Waals surface area contributed by atoms with Gasteiger partial charge in [-0.2, -0.15) is 5.26 Å². The maximum absolute atomic E-state index is 13.0.